The molecule has 1 atom stereocenters. The Balaban J connectivity index is 1.15. The number of amides is 1. The maximum atomic E-state index is 12.8. The quantitative estimate of drug-likeness (QED) is 0.414. The van der Waals surface area contributed by atoms with Gasteiger partial charge in [0, 0.05) is 67.1 Å². The van der Waals surface area contributed by atoms with Gasteiger partial charge in [-0.2, -0.15) is 0 Å². The zero-order chi connectivity index (χ0) is 24.4. The number of likely N-dealkylation sites (N-methyl/N-ethyl adjacent to an activating group) is 1. The molecule has 2 aromatic carbocycles. The first kappa shape index (κ1) is 23.2. The van der Waals surface area contributed by atoms with Crippen LogP contribution in [0, 0.1) is 10.1 Å². The smallest absolute Gasteiger partial charge is 0.269 e. The molecule has 0 spiro atoms. The number of nitro groups is 1. The number of aromatic amines is 1. The lowest BCUT2D eigenvalue weighted by Gasteiger charge is -2.36. The van der Waals surface area contributed by atoms with E-state index in [2.05, 4.69) is 28.0 Å². The number of fused-ring (bicyclic) bond motifs is 1. The largest absolute Gasteiger partial charge is 0.484 e. The number of nitrogens with zero attached hydrogens (tertiary/aromatic N) is 4. The Bertz CT molecular complexity index is 1200. The van der Waals surface area contributed by atoms with Gasteiger partial charge in [-0.15, -0.1) is 0 Å². The number of non-ortho nitro benzene ring substituents is 1. The maximum absolute atomic E-state index is 12.8. The number of aromatic nitrogens is 1. The molecule has 9 nitrogen and oxygen atoms in total. The molecule has 2 fully saturated rings. The van der Waals surface area contributed by atoms with Crippen LogP contribution >= 0.6 is 0 Å². The van der Waals surface area contributed by atoms with E-state index in [-0.39, 0.29) is 18.2 Å². The first-order valence-corrected chi connectivity index (χ1v) is 12.2. The molecule has 2 saturated heterocycles. The number of H-pyrrole nitrogens is 1. The number of carbonyl (C=O) groups excluding carboxylic acids is 1. The van der Waals surface area contributed by atoms with Crippen LogP contribution in [-0.2, 0) is 11.2 Å². The number of hydrogen-bond donors (Lipinski definition) is 1. The van der Waals surface area contributed by atoms with Crippen LogP contribution in [0.5, 0.6) is 5.75 Å². The van der Waals surface area contributed by atoms with Crippen molar-refractivity contribution in [3.05, 3.63) is 64.3 Å². The minimum atomic E-state index is -0.400. The SMILES string of the molecule is CN1CCCC1Cc1c[nH]c2ccc(OCC(=O)N3CCN(c4ccc([N+](=O)[O-])cc4)CC3)cc12. The Morgan fingerprint density at radius 3 is 2.57 bits per heavy atom. The number of carbonyl (C=O) groups is 1. The van der Waals surface area contributed by atoms with Gasteiger partial charge in [0.1, 0.15) is 5.75 Å². The normalized spacial score (nSPS) is 18.8. The summed E-state index contributed by atoms with van der Waals surface area (Å²) in [6.45, 7) is 3.71. The molecule has 2 aliphatic rings. The lowest BCUT2D eigenvalue weighted by molar-refractivity contribution is -0.384. The molecule has 1 N–H and O–H groups in total. The monoisotopic (exact) mass is 477 g/mol. The lowest BCUT2D eigenvalue weighted by Crippen LogP contribution is -2.50. The van der Waals surface area contributed by atoms with Gasteiger partial charge in [0.05, 0.1) is 4.92 Å². The van der Waals surface area contributed by atoms with Gasteiger partial charge < -0.3 is 24.4 Å². The first-order chi connectivity index (χ1) is 17.0. The molecule has 35 heavy (non-hydrogen) atoms. The summed E-state index contributed by atoms with van der Waals surface area (Å²) >= 11 is 0. The molecule has 0 bridgehead atoms. The molecule has 2 aliphatic heterocycles. The molecule has 1 aromatic heterocycles. The van der Waals surface area contributed by atoms with Crippen molar-refractivity contribution in [1.29, 1.82) is 0 Å². The number of rotatable bonds is 7. The lowest BCUT2D eigenvalue weighted by atomic mass is 10.0. The standard InChI is InChI=1S/C26H31N5O4/c1-28-10-2-3-22(28)15-19-17-27-25-9-8-23(16-24(19)25)35-18-26(32)30-13-11-29(12-14-30)20-4-6-21(7-5-20)31(33)34/h4-9,16-17,22,27H,2-3,10-15,18H2,1H3. The summed E-state index contributed by atoms with van der Waals surface area (Å²) in [6.07, 6.45) is 5.58. The van der Waals surface area contributed by atoms with E-state index < -0.39 is 4.92 Å². The highest BCUT2D eigenvalue weighted by molar-refractivity contribution is 5.85. The summed E-state index contributed by atoms with van der Waals surface area (Å²) in [4.78, 5) is 33.0. The summed E-state index contributed by atoms with van der Waals surface area (Å²) < 4.78 is 5.90. The highest BCUT2D eigenvalue weighted by Gasteiger charge is 2.23. The van der Waals surface area contributed by atoms with E-state index in [0.29, 0.717) is 38.0 Å². The Kier molecular flexibility index (Phi) is 6.59. The van der Waals surface area contributed by atoms with Crippen molar-refractivity contribution in [2.75, 3.05) is 51.3 Å². The van der Waals surface area contributed by atoms with Gasteiger partial charge in [-0.1, -0.05) is 0 Å². The summed E-state index contributed by atoms with van der Waals surface area (Å²) in [7, 11) is 2.19. The molecular weight excluding hydrogens is 446 g/mol. The van der Waals surface area contributed by atoms with Crippen molar-refractivity contribution in [1.82, 2.24) is 14.8 Å². The number of nitro benzene ring substituents is 1. The fourth-order valence-corrected chi connectivity index (χ4v) is 5.14. The molecular formula is C26H31N5O4. The van der Waals surface area contributed by atoms with Crippen LogP contribution in [0.2, 0.25) is 0 Å². The second-order valence-electron chi connectivity index (χ2n) is 9.43. The Morgan fingerprint density at radius 1 is 1.11 bits per heavy atom. The van der Waals surface area contributed by atoms with Crippen molar-refractivity contribution in [2.24, 2.45) is 0 Å². The molecule has 1 unspecified atom stereocenters. The van der Waals surface area contributed by atoms with Gasteiger partial charge in [-0.25, -0.2) is 0 Å². The van der Waals surface area contributed by atoms with Crippen LogP contribution in [0.25, 0.3) is 10.9 Å². The predicted octanol–water partition coefficient (Wildman–Crippen LogP) is 3.44. The van der Waals surface area contributed by atoms with Crippen LogP contribution in [0.3, 0.4) is 0 Å². The van der Waals surface area contributed by atoms with Crippen LogP contribution in [0.4, 0.5) is 11.4 Å². The van der Waals surface area contributed by atoms with Gasteiger partial charge >= 0.3 is 0 Å². The van der Waals surface area contributed by atoms with Crippen LogP contribution < -0.4 is 9.64 Å². The highest BCUT2D eigenvalue weighted by atomic mass is 16.6. The number of likely N-dealkylation sites (tertiary alicyclic amines) is 1. The van der Waals surface area contributed by atoms with Crippen molar-refractivity contribution in [3.63, 3.8) is 0 Å². The average molecular weight is 478 g/mol. The second-order valence-corrected chi connectivity index (χ2v) is 9.43. The van der Waals surface area contributed by atoms with E-state index in [1.807, 2.05) is 23.1 Å². The summed E-state index contributed by atoms with van der Waals surface area (Å²) in [5.74, 6) is 0.673. The molecule has 5 rings (SSSR count). The number of benzene rings is 2. The summed E-state index contributed by atoms with van der Waals surface area (Å²) in [5.41, 5.74) is 3.38. The average Bonchev–Trinajstić information content (AvgIpc) is 3.48. The first-order valence-electron chi connectivity index (χ1n) is 12.2. The molecule has 3 aromatic rings. The van der Waals surface area contributed by atoms with Crippen molar-refractivity contribution < 1.29 is 14.5 Å². The van der Waals surface area contributed by atoms with E-state index >= 15 is 0 Å². The fraction of sp³-hybridized carbons (Fsp3) is 0.423. The predicted molar refractivity (Wildman–Crippen MR) is 135 cm³/mol. The topological polar surface area (TPSA) is 95.0 Å². The van der Waals surface area contributed by atoms with Gasteiger partial charge in [0.2, 0.25) is 0 Å². The van der Waals surface area contributed by atoms with Crippen LogP contribution in [0.15, 0.2) is 48.7 Å². The van der Waals surface area contributed by atoms with Gasteiger partial charge in [-0.3, -0.25) is 14.9 Å². The van der Waals surface area contributed by atoms with Gasteiger partial charge in [0.25, 0.3) is 11.6 Å². The number of nitrogens with one attached hydrogen (secondary N) is 1. The van der Waals surface area contributed by atoms with Crippen molar-refractivity contribution >= 4 is 28.2 Å². The Hall–Kier alpha value is -3.59. The zero-order valence-corrected chi connectivity index (χ0v) is 20.0. The Labute approximate surface area is 204 Å². The molecule has 0 aliphatic carbocycles. The van der Waals surface area contributed by atoms with E-state index in [1.165, 1.54) is 30.5 Å². The third-order valence-corrected chi connectivity index (χ3v) is 7.29. The minimum Gasteiger partial charge on any atom is -0.484 e. The summed E-state index contributed by atoms with van der Waals surface area (Å²) in [5, 5.41) is 12.0. The maximum Gasteiger partial charge on any atom is 0.269 e. The van der Waals surface area contributed by atoms with E-state index in [0.717, 1.165) is 29.6 Å². The fourth-order valence-electron chi connectivity index (χ4n) is 5.14. The zero-order valence-electron chi connectivity index (χ0n) is 20.0. The van der Waals surface area contributed by atoms with Crippen molar-refractivity contribution in [3.8, 4) is 5.75 Å². The Morgan fingerprint density at radius 2 is 1.89 bits per heavy atom. The van der Waals surface area contributed by atoms with E-state index in [9.17, 15) is 14.9 Å². The molecule has 184 valence electrons. The summed E-state index contributed by atoms with van der Waals surface area (Å²) in [6, 6.07) is 13.1. The number of ether oxygens (including phenoxy) is 1. The minimum absolute atomic E-state index is 0.00809. The molecule has 0 radical (unpaired) electrons. The van der Waals surface area contributed by atoms with Crippen molar-refractivity contribution in [2.45, 2.75) is 25.3 Å². The second kappa shape index (κ2) is 9.95. The third kappa shape index (κ3) is 5.09. The number of anilines is 1. The van der Waals surface area contributed by atoms with Gasteiger partial charge in [0.15, 0.2) is 6.61 Å². The third-order valence-electron chi connectivity index (χ3n) is 7.29. The molecule has 9 heteroatoms. The number of piperazine rings is 1. The van der Waals surface area contributed by atoms with E-state index in [1.54, 1.807) is 12.1 Å². The van der Waals surface area contributed by atoms with Crippen LogP contribution in [0.1, 0.15) is 18.4 Å². The van der Waals surface area contributed by atoms with Crippen LogP contribution in [-0.4, -0.2) is 78.0 Å². The van der Waals surface area contributed by atoms with E-state index in [4.69, 9.17) is 4.74 Å². The van der Waals surface area contributed by atoms with Gasteiger partial charge in [-0.05, 0) is 68.8 Å². The molecule has 1 amide bonds. The molecule has 0 saturated carbocycles. The molecule has 3 heterocycles. The number of hydrogen-bond acceptors (Lipinski definition) is 6. The highest BCUT2D eigenvalue weighted by Crippen LogP contribution is 2.28.